The summed E-state index contributed by atoms with van der Waals surface area (Å²) < 4.78 is 6.21. The monoisotopic (exact) mass is 291 g/mol. The van der Waals surface area contributed by atoms with Crippen LogP contribution in [0.15, 0.2) is 18.7 Å². The first-order valence-corrected chi connectivity index (χ1v) is 7.79. The third-order valence-electron chi connectivity index (χ3n) is 4.49. The fraction of sp³-hybridized carbons (Fsp3) is 0.750. The summed E-state index contributed by atoms with van der Waals surface area (Å²) in [5.74, 6) is 0.397. The number of hydrogen-bond donors (Lipinski definition) is 1. The highest BCUT2D eigenvalue weighted by Crippen LogP contribution is 2.41. The van der Waals surface area contributed by atoms with Crippen molar-refractivity contribution in [3.63, 3.8) is 0 Å². The Balaban J connectivity index is 1.66. The average molecular weight is 291 g/mol. The maximum absolute atomic E-state index is 10.0. The highest BCUT2D eigenvalue weighted by Gasteiger charge is 2.44. The first-order valence-electron chi connectivity index (χ1n) is 7.79. The number of piperidine rings is 1. The van der Waals surface area contributed by atoms with E-state index in [0.717, 1.165) is 39.0 Å². The van der Waals surface area contributed by atoms with Crippen LogP contribution in [-0.4, -0.2) is 57.4 Å². The first kappa shape index (κ1) is 14.9. The molecule has 0 saturated carbocycles. The third kappa shape index (κ3) is 3.59. The lowest BCUT2D eigenvalue weighted by Crippen LogP contribution is -2.51. The third-order valence-corrected chi connectivity index (χ3v) is 4.49. The second-order valence-electron chi connectivity index (χ2n) is 7.19. The van der Waals surface area contributed by atoms with Crippen LogP contribution in [0.25, 0.3) is 0 Å². The molecular weight excluding hydrogens is 266 g/mol. The Bertz CT molecular complexity index is 474. The van der Waals surface area contributed by atoms with Gasteiger partial charge in [-0.1, -0.05) is 0 Å². The quantitative estimate of drug-likeness (QED) is 0.916. The van der Waals surface area contributed by atoms with Crippen molar-refractivity contribution in [2.24, 2.45) is 0 Å². The van der Waals surface area contributed by atoms with Gasteiger partial charge in [-0.25, -0.2) is 9.97 Å². The maximum Gasteiger partial charge on any atom is 0.115 e. The number of likely N-dealkylation sites (tertiary alicyclic amines) is 1. The Hall–Kier alpha value is -1.04. The van der Waals surface area contributed by atoms with Crippen LogP contribution in [0.1, 0.15) is 44.6 Å². The molecule has 2 aliphatic rings. The maximum atomic E-state index is 10.0. The molecule has 0 unspecified atom stereocenters. The molecule has 116 valence electrons. The summed E-state index contributed by atoms with van der Waals surface area (Å²) in [4.78, 5) is 10.6. The molecule has 3 heterocycles. The van der Waals surface area contributed by atoms with E-state index < -0.39 is 5.60 Å². The molecule has 2 atom stereocenters. The number of ether oxygens (including phenoxy) is 1. The normalized spacial score (nSPS) is 30.9. The van der Waals surface area contributed by atoms with Crippen molar-refractivity contribution >= 4 is 0 Å². The van der Waals surface area contributed by atoms with Crippen LogP contribution >= 0.6 is 0 Å². The van der Waals surface area contributed by atoms with E-state index in [1.54, 1.807) is 6.33 Å². The molecule has 5 nitrogen and oxygen atoms in total. The summed E-state index contributed by atoms with van der Waals surface area (Å²) in [7, 11) is 0. The summed E-state index contributed by atoms with van der Waals surface area (Å²) in [6.07, 6.45) is 8.64. The zero-order chi connectivity index (χ0) is 14.9. The minimum Gasteiger partial charge on any atom is -0.389 e. The Morgan fingerprint density at radius 1 is 1.43 bits per heavy atom. The summed E-state index contributed by atoms with van der Waals surface area (Å²) in [5.41, 5.74) is 0.474. The molecule has 21 heavy (non-hydrogen) atoms. The lowest BCUT2D eigenvalue weighted by atomic mass is 9.84. The Labute approximate surface area is 126 Å². The van der Waals surface area contributed by atoms with Gasteiger partial charge in [0.2, 0.25) is 0 Å². The molecule has 0 aliphatic carbocycles. The van der Waals surface area contributed by atoms with Crippen LogP contribution in [0.2, 0.25) is 0 Å². The van der Waals surface area contributed by atoms with Crippen molar-refractivity contribution < 1.29 is 9.84 Å². The largest absolute Gasteiger partial charge is 0.389 e. The average Bonchev–Trinajstić information content (AvgIpc) is 2.81. The number of rotatable bonds is 3. The minimum atomic E-state index is -0.649. The molecule has 0 radical (unpaired) electrons. The van der Waals surface area contributed by atoms with Crippen LogP contribution in [-0.2, 0) is 4.74 Å². The van der Waals surface area contributed by atoms with Gasteiger partial charge in [0.15, 0.2) is 0 Å². The van der Waals surface area contributed by atoms with E-state index in [1.807, 2.05) is 26.2 Å². The van der Waals surface area contributed by atoms with Crippen molar-refractivity contribution in [3.05, 3.63) is 24.3 Å². The molecule has 5 heteroatoms. The van der Waals surface area contributed by atoms with Crippen molar-refractivity contribution in [2.75, 3.05) is 26.2 Å². The van der Waals surface area contributed by atoms with Crippen LogP contribution in [0, 0.1) is 0 Å². The van der Waals surface area contributed by atoms with E-state index in [-0.39, 0.29) is 5.60 Å². The summed E-state index contributed by atoms with van der Waals surface area (Å²) in [5, 5.41) is 10.0. The van der Waals surface area contributed by atoms with E-state index >= 15 is 0 Å². The second-order valence-corrected chi connectivity index (χ2v) is 7.19. The van der Waals surface area contributed by atoms with Crippen LogP contribution in [0.5, 0.6) is 0 Å². The van der Waals surface area contributed by atoms with Crippen molar-refractivity contribution in [2.45, 2.75) is 50.2 Å². The summed E-state index contributed by atoms with van der Waals surface area (Å²) >= 11 is 0. The molecule has 2 aliphatic heterocycles. The predicted molar refractivity (Wildman–Crippen MR) is 80.0 cm³/mol. The molecule has 3 rings (SSSR count). The van der Waals surface area contributed by atoms with Gasteiger partial charge in [-0.3, -0.25) is 4.90 Å². The number of aliphatic hydroxyl groups is 1. The molecular formula is C16H25N3O2. The Morgan fingerprint density at radius 3 is 2.90 bits per heavy atom. The first-order chi connectivity index (χ1) is 9.96. The lowest BCUT2D eigenvalue weighted by Gasteiger charge is -2.41. The molecule has 1 spiro atoms. The number of nitrogens with zero attached hydrogens (tertiary/aromatic N) is 3. The highest BCUT2D eigenvalue weighted by atomic mass is 16.5. The Morgan fingerprint density at radius 2 is 2.19 bits per heavy atom. The molecule has 1 aromatic rings. The second kappa shape index (κ2) is 5.63. The van der Waals surface area contributed by atoms with E-state index in [9.17, 15) is 5.11 Å². The molecule has 0 bridgehead atoms. The zero-order valence-corrected chi connectivity index (χ0v) is 13.0. The molecule has 2 saturated heterocycles. The SMILES string of the molecule is CC(C)(O)CN1CCC[C@]2(C[C@H](c3cncnc3)CO2)C1. The van der Waals surface area contributed by atoms with Crippen molar-refractivity contribution in [1.29, 1.82) is 0 Å². The summed E-state index contributed by atoms with van der Waals surface area (Å²) in [6.45, 7) is 7.16. The standard InChI is InChI=1S/C16H25N3O2/c1-15(2,20)10-19-5-3-4-16(11-19)6-13(9-21-16)14-7-17-12-18-8-14/h7-8,12-13,20H,3-6,9-11H2,1-2H3/t13-,16-/m0/s1. The molecule has 0 aromatic carbocycles. The van der Waals surface area contributed by atoms with E-state index in [1.165, 1.54) is 5.56 Å². The van der Waals surface area contributed by atoms with E-state index in [4.69, 9.17) is 4.74 Å². The Kier molecular flexibility index (Phi) is 3.99. The molecule has 1 aromatic heterocycles. The van der Waals surface area contributed by atoms with E-state index in [2.05, 4.69) is 14.9 Å². The van der Waals surface area contributed by atoms with Crippen LogP contribution in [0.3, 0.4) is 0 Å². The zero-order valence-electron chi connectivity index (χ0n) is 13.0. The van der Waals surface area contributed by atoms with Gasteiger partial charge in [-0.15, -0.1) is 0 Å². The van der Waals surface area contributed by atoms with Gasteiger partial charge in [0, 0.05) is 31.4 Å². The van der Waals surface area contributed by atoms with Crippen LogP contribution < -0.4 is 0 Å². The summed E-state index contributed by atoms with van der Waals surface area (Å²) in [6, 6.07) is 0. The molecule has 1 N–H and O–H groups in total. The van der Waals surface area contributed by atoms with Crippen molar-refractivity contribution in [1.82, 2.24) is 14.9 Å². The minimum absolute atomic E-state index is 0.0516. The van der Waals surface area contributed by atoms with Gasteiger partial charge in [0.05, 0.1) is 17.8 Å². The van der Waals surface area contributed by atoms with Gasteiger partial charge >= 0.3 is 0 Å². The topological polar surface area (TPSA) is 58.5 Å². The predicted octanol–water partition coefficient (Wildman–Crippen LogP) is 1.59. The van der Waals surface area contributed by atoms with Crippen LogP contribution in [0.4, 0.5) is 0 Å². The van der Waals surface area contributed by atoms with Crippen molar-refractivity contribution in [3.8, 4) is 0 Å². The smallest absolute Gasteiger partial charge is 0.115 e. The molecule has 0 amide bonds. The number of β-amino-alcohol motifs (C(OH)–C–C–N with tert-alkyl or cyclic N) is 1. The van der Waals surface area contributed by atoms with Gasteiger partial charge < -0.3 is 9.84 Å². The van der Waals surface area contributed by atoms with Gasteiger partial charge in [-0.05, 0) is 45.2 Å². The molecule has 2 fully saturated rings. The lowest BCUT2D eigenvalue weighted by molar-refractivity contribution is -0.0684. The van der Waals surface area contributed by atoms with Gasteiger partial charge in [0.25, 0.3) is 0 Å². The highest BCUT2D eigenvalue weighted by molar-refractivity contribution is 5.15. The van der Waals surface area contributed by atoms with E-state index in [0.29, 0.717) is 12.5 Å². The fourth-order valence-electron chi connectivity index (χ4n) is 3.74. The number of aromatic nitrogens is 2. The number of hydrogen-bond acceptors (Lipinski definition) is 5. The van der Waals surface area contributed by atoms with Gasteiger partial charge in [0.1, 0.15) is 6.33 Å². The fourth-order valence-corrected chi connectivity index (χ4v) is 3.74. The van der Waals surface area contributed by atoms with Gasteiger partial charge in [-0.2, -0.15) is 0 Å².